The number of fused-ring (bicyclic) bond motifs is 2. The molecule has 29 heavy (non-hydrogen) atoms. The fourth-order valence-electron chi connectivity index (χ4n) is 4.80. The molecule has 1 unspecified atom stereocenters. The van der Waals surface area contributed by atoms with Gasteiger partial charge in [0.2, 0.25) is 0 Å². The van der Waals surface area contributed by atoms with Crippen molar-refractivity contribution in [2.45, 2.75) is 83.7 Å². The summed E-state index contributed by atoms with van der Waals surface area (Å²) < 4.78 is 0. The molecule has 0 radical (unpaired) electrons. The van der Waals surface area contributed by atoms with Crippen LogP contribution >= 0.6 is 0 Å². The van der Waals surface area contributed by atoms with E-state index in [0.29, 0.717) is 6.04 Å². The van der Waals surface area contributed by atoms with E-state index < -0.39 is 0 Å². The third-order valence-corrected chi connectivity index (χ3v) is 6.14. The van der Waals surface area contributed by atoms with Crippen LogP contribution in [0.25, 0.3) is 0 Å². The Morgan fingerprint density at radius 2 is 1.90 bits per heavy atom. The highest BCUT2D eigenvalue weighted by atomic mass is 15.2. The molecule has 0 aromatic carbocycles. The molecular weight excluding hydrogens is 360 g/mol. The second-order valence-corrected chi connectivity index (χ2v) is 10.1. The van der Waals surface area contributed by atoms with Crippen molar-refractivity contribution in [3.05, 3.63) is 41.4 Å². The first-order chi connectivity index (χ1) is 13.8. The van der Waals surface area contributed by atoms with Gasteiger partial charge < -0.3 is 5.32 Å². The number of anilines is 1. The second-order valence-electron chi connectivity index (χ2n) is 10.1. The van der Waals surface area contributed by atoms with Crippen LogP contribution in [0.1, 0.15) is 76.5 Å². The standard InChI is InChI=1S/C23H34N6/c1-16(2)26-20-18-7-9-23(19(18)27-21(28-20)22(3,4)5)8-6-10-29(14-23)13-17-11-24-15-25-12-17/h11-12,15-16H,6-10,13-14H2,1-5H3,(H,26,27,28). The van der Waals surface area contributed by atoms with Crippen molar-refractivity contribution in [3.8, 4) is 0 Å². The highest BCUT2D eigenvalue weighted by Gasteiger charge is 2.45. The minimum Gasteiger partial charge on any atom is -0.368 e. The quantitative estimate of drug-likeness (QED) is 0.849. The van der Waals surface area contributed by atoms with E-state index in [1.807, 2.05) is 12.4 Å². The number of aromatic nitrogens is 4. The van der Waals surface area contributed by atoms with Crippen LogP contribution in [0, 0.1) is 0 Å². The van der Waals surface area contributed by atoms with Gasteiger partial charge in [0.15, 0.2) is 0 Å². The molecule has 156 valence electrons. The zero-order valence-electron chi connectivity index (χ0n) is 18.5. The molecule has 6 heteroatoms. The number of hydrogen-bond acceptors (Lipinski definition) is 6. The van der Waals surface area contributed by atoms with Gasteiger partial charge in [-0.3, -0.25) is 4.90 Å². The van der Waals surface area contributed by atoms with E-state index in [-0.39, 0.29) is 10.8 Å². The molecule has 3 heterocycles. The highest BCUT2D eigenvalue weighted by molar-refractivity contribution is 5.53. The molecule has 2 aliphatic rings. The molecule has 6 nitrogen and oxygen atoms in total. The summed E-state index contributed by atoms with van der Waals surface area (Å²) in [5.41, 5.74) is 3.90. The number of rotatable bonds is 4. The SMILES string of the molecule is CC(C)Nc1nc(C(C)(C)C)nc2c1CCC21CCCN(Cc2cncnc2)C1. The van der Waals surface area contributed by atoms with Crippen LogP contribution in [0.3, 0.4) is 0 Å². The normalized spacial score (nSPS) is 22.3. The van der Waals surface area contributed by atoms with Gasteiger partial charge in [0, 0.05) is 53.5 Å². The number of hydrogen-bond donors (Lipinski definition) is 1. The van der Waals surface area contributed by atoms with Crippen LogP contribution in [0.4, 0.5) is 5.82 Å². The Kier molecular flexibility index (Phi) is 5.32. The number of piperidine rings is 1. The number of nitrogens with one attached hydrogen (secondary N) is 1. The van der Waals surface area contributed by atoms with Gasteiger partial charge in [-0.25, -0.2) is 19.9 Å². The van der Waals surface area contributed by atoms with Gasteiger partial charge in [0.05, 0.1) is 5.69 Å². The maximum atomic E-state index is 5.21. The Morgan fingerprint density at radius 1 is 1.14 bits per heavy atom. The van der Waals surface area contributed by atoms with Crippen molar-refractivity contribution in [2.75, 3.05) is 18.4 Å². The van der Waals surface area contributed by atoms with E-state index in [2.05, 4.69) is 54.8 Å². The van der Waals surface area contributed by atoms with Gasteiger partial charge in [-0.15, -0.1) is 0 Å². The molecule has 2 aromatic heterocycles. The van der Waals surface area contributed by atoms with Gasteiger partial charge in [-0.2, -0.15) is 0 Å². The van der Waals surface area contributed by atoms with Crippen LogP contribution in [0.2, 0.25) is 0 Å². The van der Waals surface area contributed by atoms with Crippen molar-refractivity contribution < 1.29 is 0 Å². The fourth-order valence-corrected chi connectivity index (χ4v) is 4.80. The van der Waals surface area contributed by atoms with Gasteiger partial charge in [-0.05, 0) is 46.1 Å². The predicted molar refractivity (Wildman–Crippen MR) is 116 cm³/mol. The van der Waals surface area contributed by atoms with Crippen molar-refractivity contribution in [1.82, 2.24) is 24.8 Å². The highest BCUT2D eigenvalue weighted by Crippen LogP contribution is 2.46. The summed E-state index contributed by atoms with van der Waals surface area (Å²) in [4.78, 5) is 21.1. The summed E-state index contributed by atoms with van der Waals surface area (Å²) in [6.07, 6.45) is 10.1. The topological polar surface area (TPSA) is 66.8 Å². The van der Waals surface area contributed by atoms with E-state index in [1.165, 1.54) is 36.1 Å². The van der Waals surface area contributed by atoms with Gasteiger partial charge in [0.25, 0.3) is 0 Å². The predicted octanol–water partition coefficient (Wildman–Crippen LogP) is 3.86. The average Bonchev–Trinajstić information content (AvgIpc) is 3.00. The Balaban J connectivity index is 1.68. The summed E-state index contributed by atoms with van der Waals surface area (Å²) in [7, 11) is 0. The Labute approximate surface area is 174 Å². The van der Waals surface area contributed by atoms with Crippen LogP contribution < -0.4 is 5.32 Å². The first-order valence-electron chi connectivity index (χ1n) is 10.9. The summed E-state index contributed by atoms with van der Waals surface area (Å²) in [5.74, 6) is 2.01. The van der Waals surface area contributed by atoms with Crippen LogP contribution in [0.5, 0.6) is 0 Å². The lowest BCUT2D eigenvalue weighted by Gasteiger charge is -2.41. The Hall–Kier alpha value is -2.08. The third kappa shape index (κ3) is 4.13. The minimum atomic E-state index is -0.0675. The number of likely N-dealkylation sites (tertiary alicyclic amines) is 1. The van der Waals surface area contributed by atoms with E-state index in [4.69, 9.17) is 9.97 Å². The lowest BCUT2D eigenvalue weighted by atomic mass is 9.77. The Morgan fingerprint density at radius 3 is 2.59 bits per heavy atom. The summed E-state index contributed by atoms with van der Waals surface area (Å²) in [6.45, 7) is 14.1. The summed E-state index contributed by atoms with van der Waals surface area (Å²) >= 11 is 0. The molecular formula is C23H34N6. The maximum absolute atomic E-state index is 5.21. The number of nitrogens with zero attached hydrogens (tertiary/aromatic N) is 5. The van der Waals surface area contributed by atoms with Gasteiger partial charge in [-0.1, -0.05) is 20.8 Å². The van der Waals surface area contributed by atoms with Crippen molar-refractivity contribution in [1.29, 1.82) is 0 Å². The largest absolute Gasteiger partial charge is 0.368 e. The molecule has 0 saturated carbocycles. The minimum absolute atomic E-state index is 0.0675. The van der Waals surface area contributed by atoms with E-state index in [0.717, 1.165) is 37.7 Å². The molecule has 0 bridgehead atoms. The molecule has 1 fully saturated rings. The molecule has 0 amide bonds. The smallest absolute Gasteiger partial charge is 0.136 e. The Bertz CT molecular complexity index is 858. The summed E-state index contributed by atoms with van der Waals surface area (Å²) in [6, 6.07) is 0.360. The van der Waals surface area contributed by atoms with Gasteiger partial charge >= 0.3 is 0 Å². The molecule has 1 atom stereocenters. The molecule has 2 aromatic rings. The average molecular weight is 395 g/mol. The zero-order valence-corrected chi connectivity index (χ0v) is 18.5. The molecule has 4 rings (SSSR count). The molecule has 1 aliphatic heterocycles. The van der Waals surface area contributed by atoms with Crippen LogP contribution in [-0.2, 0) is 23.8 Å². The van der Waals surface area contributed by atoms with E-state index >= 15 is 0 Å². The van der Waals surface area contributed by atoms with E-state index in [1.54, 1.807) is 6.33 Å². The molecule has 1 aliphatic carbocycles. The molecule has 1 saturated heterocycles. The van der Waals surface area contributed by atoms with Crippen molar-refractivity contribution >= 4 is 5.82 Å². The van der Waals surface area contributed by atoms with Gasteiger partial charge in [0.1, 0.15) is 18.0 Å². The summed E-state index contributed by atoms with van der Waals surface area (Å²) in [5, 5.41) is 3.61. The first-order valence-corrected chi connectivity index (χ1v) is 10.9. The first kappa shape index (κ1) is 20.2. The van der Waals surface area contributed by atoms with E-state index in [9.17, 15) is 0 Å². The monoisotopic (exact) mass is 394 g/mol. The lowest BCUT2D eigenvalue weighted by molar-refractivity contribution is 0.136. The lowest BCUT2D eigenvalue weighted by Crippen LogP contribution is -2.45. The van der Waals surface area contributed by atoms with Crippen molar-refractivity contribution in [2.24, 2.45) is 0 Å². The fraction of sp³-hybridized carbons (Fsp3) is 0.652. The molecule has 1 spiro atoms. The van der Waals surface area contributed by atoms with Crippen molar-refractivity contribution in [3.63, 3.8) is 0 Å². The maximum Gasteiger partial charge on any atom is 0.136 e. The third-order valence-electron chi connectivity index (χ3n) is 6.14. The zero-order chi connectivity index (χ0) is 20.6. The molecule has 1 N–H and O–H groups in total. The van der Waals surface area contributed by atoms with Crippen LogP contribution in [0.15, 0.2) is 18.7 Å². The van der Waals surface area contributed by atoms with Crippen LogP contribution in [-0.4, -0.2) is 44.0 Å². The second kappa shape index (κ2) is 7.63.